The molecular weight excluding hydrogens is 248 g/mol. The molecule has 1 heterocycles. The van der Waals surface area contributed by atoms with Crippen LogP contribution < -0.4 is 4.74 Å². The van der Waals surface area contributed by atoms with Crippen molar-refractivity contribution in [2.24, 2.45) is 0 Å². The predicted octanol–water partition coefficient (Wildman–Crippen LogP) is 3.69. The van der Waals surface area contributed by atoms with Crippen LogP contribution in [0.15, 0.2) is 30.5 Å². The van der Waals surface area contributed by atoms with Crippen molar-refractivity contribution in [2.75, 3.05) is 7.11 Å². The van der Waals surface area contributed by atoms with Crippen LogP contribution in [-0.4, -0.2) is 12.1 Å². The van der Waals surface area contributed by atoms with Crippen molar-refractivity contribution >= 4 is 11.6 Å². The zero-order valence-corrected chi connectivity index (χ0v) is 9.63. The van der Waals surface area contributed by atoms with Crippen molar-refractivity contribution in [1.82, 2.24) is 4.98 Å². The summed E-state index contributed by atoms with van der Waals surface area (Å²) in [6.07, 6.45) is 1.45. The summed E-state index contributed by atoms with van der Waals surface area (Å²) in [6, 6.07) is 5.56. The number of benzene rings is 1. The van der Waals surface area contributed by atoms with Gasteiger partial charge in [0.15, 0.2) is 17.4 Å². The Morgan fingerprint density at radius 3 is 2.24 bits per heavy atom. The Balaban J connectivity index is 2.50. The van der Waals surface area contributed by atoms with Crippen LogP contribution in [-0.2, 0) is 0 Å². The lowest BCUT2D eigenvalue weighted by molar-refractivity contribution is 0.360. The molecule has 0 saturated heterocycles. The molecule has 0 atom stereocenters. The molecule has 0 amide bonds. The van der Waals surface area contributed by atoms with E-state index in [9.17, 15) is 8.78 Å². The lowest BCUT2D eigenvalue weighted by Crippen LogP contribution is -1.94. The average molecular weight is 256 g/mol. The maximum absolute atomic E-state index is 13.5. The van der Waals surface area contributed by atoms with Crippen molar-refractivity contribution in [3.05, 3.63) is 47.2 Å². The molecule has 0 bridgehead atoms. The first-order valence-electron chi connectivity index (χ1n) is 4.77. The quantitative estimate of drug-likeness (QED) is 0.764. The van der Waals surface area contributed by atoms with Crippen LogP contribution in [0.5, 0.6) is 5.75 Å². The molecule has 1 aromatic heterocycles. The highest BCUT2D eigenvalue weighted by Crippen LogP contribution is 2.28. The van der Waals surface area contributed by atoms with E-state index in [1.165, 1.54) is 25.4 Å². The fourth-order valence-electron chi connectivity index (χ4n) is 1.47. The van der Waals surface area contributed by atoms with Crippen LogP contribution in [0.1, 0.15) is 0 Å². The van der Waals surface area contributed by atoms with E-state index < -0.39 is 17.4 Å². The fraction of sp³-hybridized carbons (Fsp3) is 0.0833. The standard InChI is InChI=1S/C12H8ClF2NO/c1-17-12-9(14)4-8(5-10(12)15)7-2-3-11(13)16-6-7/h2-6H,1H3. The van der Waals surface area contributed by atoms with Crippen LogP contribution in [0, 0.1) is 11.6 Å². The number of nitrogens with zero attached hydrogens (tertiary/aromatic N) is 1. The smallest absolute Gasteiger partial charge is 0.190 e. The second-order valence-corrected chi connectivity index (χ2v) is 3.73. The van der Waals surface area contributed by atoms with Gasteiger partial charge >= 0.3 is 0 Å². The molecule has 2 aromatic rings. The van der Waals surface area contributed by atoms with Crippen LogP contribution in [0.25, 0.3) is 11.1 Å². The summed E-state index contributed by atoms with van der Waals surface area (Å²) in [4.78, 5) is 3.85. The minimum absolute atomic E-state index is 0.322. The maximum Gasteiger partial charge on any atom is 0.190 e. The highest BCUT2D eigenvalue weighted by atomic mass is 35.5. The molecule has 0 N–H and O–H groups in total. The van der Waals surface area contributed by atoms with Crippen molar-refractivity contribution in [3.8, 4) is 16.9 Å². The molecule has 0 saturated carbocycles. The Bertz CT molecular complexity index is 520. The molecule has 0 spiro atoms. The molecule has 5 heteroatoms. The van der Waals surface area contributed by atoms with E-state index in [1.807, 2.05) is 0 Å². The highest BCUT2D eigenvalue weighted by Gasteiger charge is 2.12. The summed E-state index contributed by atoms with van der Waals surface area (Å²) < 4.78 is 31.5. The average Bonchev–Trinajstić information content (AvgIpc) is 2.29. The van der Waals surface area contributed by atoms with Gasteiger partial charge in [0, 0.05) is 11.8 Å². The van der Waals surface area contributed by atoms with Gasteiger partial charge < -0.3 is 4.74 Å². The molecule has 0 radical (unpaired) electrons. The van der Waals surface area contributed by atoms with Gasteiger partial charge in [-0.05, 0) is 29.8 Å². The zero-order valence-electron chi connectivity index (χ0n) is 8.88. The third-order valence-electron chi connectivity index (χ3n) is 2.26. The first-order chi connectivity index (χ1) is 8.11. The SMILES string of the molecule is COc1c(F)cc(-c2ccc(Cl)nc2)cc1F. The van der Waals surface area contributed by atoms with E-state index in [1.54, 1.807) is 12.1 Å². The molecule has 17 heavy (non-hydrogen) atoms. The molecule has 0 fully saturated rings. The molecule has 1 aromatic carbocycles. The minimum Gasteiger partial charge on any atom is -0.491 e. The van der Waals surface area contributed by atoms with Crippen LogP contribution >= 0.6 is 11.6 Å². The summed E-state index contributed by atoms with van der Waals surface area (Å²) in [6.45, 7) is 0. The first-order valence-corrected chi connectivity index (χ1v) is 5.14. The Kier molecular flexibility index (Phi) is 3.24. The predicted molar refractivity (Wildman–Crippen MR) is 61.2 cm³/mol. The topological polar surface area (TPSA) is 22.1 Å². The molecule has 0 aliphatic heterocycles. The van der Waals surface area contributed by atoms with Gasteiger partial charge in [-0.1, -0.05) is 11.6 Å². The van der Waals surface area contributed by atoms with Crippen molar-refractivity contribution in [2.45, 2.75) is 0 Å². The Morgan fingerprint density at radius 1 is 1.12 bits per heavy atom. The van der Waals surface area contributed by atoms with E-state index in [0.29, 0.717) is 16.3 Å². The first kappa shape index (κ1) is 11.8. The molecule has 2 rings (SSSR count). The van der Waals surface area contributed by atoms with E-state index in [0.717, 1.165) is 0 Å². The van der Waals surface area contributed by atoms with Gasteiger partial charge in [-0.2, -0.15) is 0 Å². The summed E-state index contributed by atoms with van der Waals surface area (Å²) in [5.41, 5.74) is 0.958. The molecular formula is C12H8ClF2NO. The summed E-state index contributed by atoms with van der Waals surface area (Å²) in [5.74, 6) is -1.90. The second kappa shape index (κ2) is 4.67. The van der Waals surface area contributed by atoms with Gasteiger partial charge in [0.2, 0.25) is 0 Å². The van der Waals surface area contributed by atoms with Crippen molar-refractivity contribution in [1.29, 1.82) is 0 Å². The lowest BCUT2D eigenvalue weighted by atomic mass is 10.1. The van der Waals surface area contributed by atoms with Gasteiger partial charge in [-0.3, -0.25) is 0 Å². The monoisotopic (exact) mass is 255 g/mol. The van der Waals surface area contributed by atoms with Gasteiger partial charge in [0.05, 0.1) is 7.11 Å². The number of aromatic nitrogens is 1. The normalized spacial score (nSPS) is 10.4. The molecule has 88 valence electrons. The number of hydrogen-bond donors (Lipinski definition) is 0. The Labute approximate surface area is 102 Å². The molecule has 0 aliphatic carbocycles. The van der Waals surface area contributed by atoms with Gasteiger partial charge in [-0.25, -0.2) is 13.8 Å². The van der Waals surface area contributed by atoms with E-state index in [4.69, 9.17) is 11.6 Å². The highest BCUT2D eigenvalue weighted by molar-refractivity contribution is 6.29. The zero-order chi connectivity index (χ0) is 12.4. The number of hydrogen-bond acceptors (Lipinski definition) is 2. The number of halogens is 3. The fourth-order valence-corrected chi connectivity index (χ4v) is 1.58. The van der Waals surface area contributed by atoms with Crippen molar-refractivity contribution < 1.29 is 13.5 Å². The van der Waals surface area contributed by atoms with Gasteiger partial charge in [0.25, 0.3) is 0 Å². The van der Waals surface area contributed by atoms with E-state index >= 15 is 0 Å². The van der Waals surface area contributed by atoms with E-state index in [-0.39, 0.29) is 0 Å². The molecule has 2 nitrogen and oxygen atoms in total. The van der Waals surface area contributed by atoms with Gasteiger partial charge in [0.1, 0.15) is 5.15 Å². The molecule has 0 aliphatic rings. The van der Waals surface area contributed by atoms with Crippen LogP contribution in [0.2, 0.25) is 5.15 Å². The van der Waals surface area contributed by atoms with Crippen LogP contribution in [0.4, 0.5) is 8.78 Å². The summed E-state index contributed by atoms with van der Waals surface area (Å²) in [7, 11) is 1.21. The number of pyridine rings is 1. The number of rotatable bonds is 2. The maximum atomic E-state index is 13.5. The molecule has 0 unspecified atom stereocenters. The van der Waals surface area contributed by atoms with Crippen LogP contribution in [0.3, 0.4) is 0 Å². The van der Waals surface area contributed by atoms with Gasteiger partial charge in [-0.15, -0.1) is 0 Å². The number of ether oxygens (including phenoxy) is 1. The summed E-state index contributed by atoms with van der Waals surface area (Å²) >= 11 is 5.63. The van der Waals surface area contributed by atoms with E-state index in [2.05, 4.69) is 9.72 Å². The van der Waals surface area contributed by atoms with Crippen molar-refractivity contribution in [3.63, 3.8) is 0 Å². The third kappa shape index (κ3) is 2.36. The third-order valence-corrected chi connectivity index (χ3v) is 2.49. The Morgan fingerprint density at radius 2 is 1.76 bits per heavy atom. The minimum atomic E-state index is -0.752. The number of methoxy groups -OCH3 is 1. The largest absolute Gasteiger partial charge is 0.491 e. The second-order valence-electron chi connectivity index (χ2n) is 3.34. The summed E-state index contributed by atoms with van der Waals surface area (Å²) in [5, 5.41) is 0.322. The lowest BCUT2D eigenvalue weighted by Gasteiger charge is -2.06. The Hall–Kier alpha value is -1.68.